The van der Waals surface area contributed by atoms with Gasteiger partial charge < -0.3 is 10.2 Å². The van der Waals surface area contributed by atoms with Crippen molar-refractivity contribution in [3.05, 3.63) is 62.9 Å². The van der Waals surface area contributed by atoms with E-state index in [4.69, 9.17) is 11.6 Å². The molecule has 136 valence electrons. The molecule has 2 aromatic carbocycles. The van der Waals surface area contributed by atoms with Gasteiger partial charge in [0.25, 0.3) is 11.6 Å². The van der Waals surface area contributed by atoms with Gasteiger partial charge in [0.05, 0.1) is 10.6 Å². The van der Waals surface area contributed by atoms with Gasteiger partial charge in [-0.3, -0.25) is 14.9 Å². The van der Waals surface area contributed by atoms with Gasteiger partial charge >= 0.3 is 0 Å². The monoisotopic (exact) mass is 377 g/mol. The van der Waals surface area contributed by atoms with Crippen LogP contribution in [-0.4, -0.2) is 23.9 Å². The van der Waals surface area contributed by atoms with Crippen LogP contribution in [0.1, 0.15) is 29.6 Å². The SMILES string of the molecule is O=C(Nc1ccc(Cl)cc1F)c1ccc(N2CCCCC2)c([N+](=O)[O-])c1. The number of carbonyl (C=O) groups is 1. The summed E-state index contributed by atoms with van der Waals surface area (Å²) in [6.07, 6.45) is 3.07. The van der Waals surface area contributed by atoms with Crippen LogP contribution in [0.15, 0.2) is 36.4 Å². The van der Waals surface area contributed by atoms with E-state index >= 15 is 0 Å². The zero-order valence-electron chi connectivity index (χ0n) is 13.9. The molecular weight excluding hydrogens is 361 g/mol. The Morgan fingerprint density at radius 1 is 1.15 bits per heavy atom. The minimum atomic E-state index is -0.676. The number of nitro groups is 1. The van der Waals surface area contributed by atoms with Crippen LogP contribution in [0.5, 0.6) is 0 Å². The van der Waals surface area contributed by atoms with Crippen molar-refractivity contribution < 1.29 is 14.1 Å². The maximum atomic E-state index is 13.8. The molecule has 1 saturated heterocycles. The van der Waals surface area contributed by atoms with Gasteiger partial charge in [0.1, 0.15) is 11.5 Å². The van der Waals surface area contributed by atoms with Crippen molar-refractivity contribution >= 4 is 34.6 Å². The summed E-state index contributed by atoms with van der Waals surface area (Å²) in [6, 6.07) is 8.19. The van der Waals surface area contributed by atoms with E-state index in [2.05, 4.69) is 5.32 Å². The largest absolute Gasteiger partial charge is 0.366 e. The number of halogens is 2. The lowest BCUT2D eigenvalue weighted by Crippen LogP contribution is -2.30. The highest BCUT2D eigenvalue weighted by Crippen LogP contribution is 2.31. The third-order valence-electron chi connectivity index (χ3n) is 4.31. The summed E-state index contributed by atoms with van der Waals surface area (Å²) in [7, 11) is 0. The second kappa shape index (κ2) is 7.70. The molecule has 0 spiro atoms. The third kappa shape index (κ3) is 3.94. The van der Waals surface area contributed by atoms with Gasteiger partial charge in [-0.05, 0) is 49.6 Å². The molecule has 1 aliphatic rings. The fourth-order valence-corrected chi connectivity index (χ4v) is 3.16. The minimum absolute atomic E-state index is 0.0397. The molecule has 8 heteroatoms. The van der Waals surface area contributed by atoms with E-state index in [0.717, 1.165) is 38.4 Å². The third-order valence-corrected chi connectivity index (χ3v) is 4.55. The highest BCUT2D eigenvalue weighted by Gasteiger charge is 2.23. The normalized spacial score (nSPS) is 14.2. The van der Waals surface area contributed by atoms with Crippen molar-refractivity contribution in [3.63, 3.8) is 0 Å². The second-order valence-electron chi connectivity index (χ2n) is 6.09. The number of hydrogen-bond acceptors (Lipinski definition) is 4. The molecule has 0 saturated carbocycles. The molecule has 1 amide bonds. The fourth-order valence-electron chi connectivity index (χ4n) is 3.00. The molecule has 1 fully saturated rings. The smallest absolute Gasteiger partial charge is 0.293 e. The van der Waals surface area contributed by atoms with Crippen LogP contribution in [-0.2, 0) is 0 Å². The predicted molar refractivity (Wildman–Crippen MR) is 98.5 cm³/mol. The molecule has 2 aromatic rings. The maximum Gasteiger partial charge on any atom is 0.293 e. The van der Waals surface area contributed by atoms with Crippen LogP contribution in [0.4, 0.5) is 21.5 Å². The van der Waals surface area contributed by atoms with Crippen molar-refractivity contribution in [2.75, 3.05) is 23.3 Å². The number of benzene rings is 2. The molecule has 1 heterocycles. The highest BCUT2D eigenvalue weighted by molar-refractivity contribution is 6.30. The second-order valence-corrected chi connectivity index (χ2v) is 6.52. The lowest BCUT2D eigenvalue weighted by Gasteiger charge is -2.28. The highest BCUT2D eigenvalue weighted by atomic mass is 35.5. The summed E-state index contributed by atoms with van der Waals surface area (Å²) < 4.78 is 13.8. The van der Waals surface area contributed by atoms with Crippen LogP contribution in [0.2, 0.25) is 5.02 Å². The number of anilines is 2. The first kappa shape index (κ1) is 18.1. The number of nitrogens with one attached hydrogen (secondary N) is 1. The van der Waals surface area contributed by atoms with Crippen LogP contribution in [0.3, 0.4) is 0 Å². The summed E-state index contributed by atoms with van der Waals surface area (Å²) in [5, 5.41) is 14.1. The molecule has 1 N–H and O–H groups in total. The molecule has 0 unspecified atom stereocenters. The van der Waals surface area contributed by atoms with Crippen molar-refractivity contribution in [2.45, 2.75) is 19.3 Å². The first-order valence-corrected chi connectivity index (χ1v) is 8.63. The zero-order chi connectivity index (χ0) is 18.7. The number of rotatable bonds is 4. The van der Waals surface area contributed by atoms with E-state index in [1.165, 1.54) is 24.3 Å². The molecule has 1 aliphatic heterocycles. The zero-order valence-corrected chi connectivity index (χ0v) is 14.6. The Morgan fingerprint density at radius 2 is 1.88 bits per heavy atom. The van der Waals surface area contributed by atoms with E-state index in [1.807, 2.05) is 4.90 Å². The quantitative estimate of drug-likeness (QED) is 0.622. The Labute approximate surface area is 154 Å². The molecular formula is C18H17ClFN3O3. The Bertz CT molecular complexity index is 854. The van der Waals surface area contributed by atoms with E-state index < -0.39 is 16.6 Å². The first-order valence-electron chi connectivity index (χ1n) is 8.25. The van der Waals surface area contributed by atoms with Gasteiger partial charge in [-0.1, -0.05) is 11.6 Å². The van der Waals surface area contributed by atoms with Crippen molar-refractivity contribution in [3.8, 4) is 0 Å². The van der Waals surface area contributed by atoms with E-state index in [0.29, 0.717) is 5.69 Å². The number of carbonyl (C=O) groups excluding carboxylic acids is 1. The lowest BCUT2D eigenvalue weighted by molar-refractivity contribution is -0.384. The topological polar surface area (TPSA) is 75.5 Å². The van der Waals surface area contributed by atoms with Crippen LogP contribution in [0, 0.1) is 15.9 Å². The van der Waals surface area contributed by atoms with E-state index in [-0.39, 0.29) is 22.0 Å². The van der Waals surface area contributed by atoms with Crippen molar-refractivity contribution in [1.82, 2.24) is 0 Å². The van der Waals surface area contributed by atoms with Gasteiger partial charge in [0.2, 0.25) is 0 Å². The molecule has 0 radical (unpaired) electrons. The molecule has 0 atom stereocenters. The number of hydrogen-bond donors (Lipinski definition) is 1. The first-order chi connectivity index (χ1) is 12.5. The maximum absolute atomic E-state index is 13.8. The molecule has 0 bridgehead atoms. The van der Waals surface area contributed by atoms with Crippen LogP contribution in [0.25, 0.3) is 0 Å². The Kier molecular flexibility index (Phi) is 5.37. The Balaban J connectivity index is 1.86. The van der Waals surface area contributed by atoms with Gasteiger partial charge in [-0.2, -0.15) is 0 Å². The average molecular weight is 378 g/mol. The Morgan fingerprint density at radius 3 is 2.54 bits per heavy atom. The number of nitrogens with zero attached hydrogens (tertiary/aromatic N) is 2. The minimum Gasteiger partial charge on any atom is -0.366 e. The van der Waals surface area contributed by atoms with Crippen molar-refractivity contribution in [2.24, 2.45) is 0 Å². The van der Waals surface area contributed by atoms with Crippen molar-refractivity contribution in [1.29, 1.82) is 0 Å². The summed E-state index contributed by atoms with van der Waals surface area (Å²) >= 11 is 5.69. The number of amides is 1. The molecule has 3 rings (SSSR count). The molecule has 0 aliphatic carbocycles. The van der Waals surface area contributed by atoms with Gasteiger partial charge in [0.15, 0.2) is 0 Å². The fraction of sp³-hybridized carbons (Fsp3) is 0.278. The predicted octanol–water partition coefficient (Wildman–Crippen LogP) is 4.63. The molecule has 26 heavy (non-hydrogen) atoms. The average Bonchev–Trinajstić information content (AvgIpc) is 2.64. The molecule has 0 aromatic heterocycles. The summed E-state index contributed by atoms with van der Waals surface area (Å²) in [4.78, 5) is 25.3. The molecule has 6 nitrogen and oxygen atoms in total. The van der Waals surface area contributed by atoms with E-state index in [9.17, 15) is 19.3 Å². The van der Waals surface area contributed by atoms with E-state index in [1.54, 1.807) is 6.07 Å². The van der Waals surface area contributed by atoms with Crippen LogP contribution >= 0.6 is 11.6 Å². The summed E-state index contributed by atoms with van der Waals surface area (Å²) in [6.45, 7) is 1.50. The van der Waals surface area contributed by atoms with Crippen LogP contribution < -0.4 is 10.2 Å². The lowest BCUT2D eigenvalue weighted by atomic mass is 10.1. The van der Waals surface area contributed by atoms with Gasteiger partial charge in [-0.15, -0.1) is 0 Å². The standard InChI is InChI=1S/C18H17ClFN3O3/c19-13-5-6-15(14(20)11-13)21-18(24)12-4-7-16(17(10-12)23(25)26)22-8-2-1-3-9-22/h4-7,10-11H,1-3,8-9H2,(H,21,24). The number of piperidine rings is 1. The Hall–Kier alpha value is -2.67. The van der Waals surface area contributed by atoms with Gasteiger partial charge in [-0.25, -0.2) is 4.39 Å². The number of nitro benzene ring substituents is 1. The summed E-state index contributed by atoms with van der Waals surface area (Å²) in [5.41, 5.74) is 0.425. The summed E-state index contributed by atoms with van der Waals surface area (Å²) in [5.74, 6) is -1.30. The van der Waals surface area contributed by atoms with Gasteiger partial charge in [0, 0.05) is 29.7 Å².